The Kier molecular flexibility index (Phi) is 5.78. The Labute approximate surface area is 109 Å². The van der Waals surface area contributed by atoms with E-state index in [0.29, 0.717) is 37.6 Å². The van der Waals surface area contributed by atoms with E-state index in [2.05, 4.69) is 0 Å². The Morgan fingerprint density at radius 2 is 1.94 bits per heavy atom. The summed E-state index contributed by atoms with van der Waals surface area (Å²) in [5.74, 6) is 0. The van der Waals surface area contributed by atoms with Crippen molar-refractivity contribution in [3.63, 3.8) is 0 Å². The Bertz CT molecular complexity index is 351. The number of hydrogen-bond acceptors (Lipinski definition) is 3. The summed E-state index contributed by atoms with van der Waals surface area (Å²) in [6, 6.07) is 0. The van der Waals surface area contributed by atoms with Crippen LogP contribution >= 0.6 is 12.2 Å². The standard InChI is InChI=1S/C10H21N3O2S2/c1-2-12(9-6-10(11)16)17(14,15)13-7-4-3-5-8-13/h2-9H2,1H3,(H2,11,16). The third-order valence-corrected chi connectivity index (χ3v) is 5.24. The molecule has 0 aromatic heterocycles. The molecule has 0 atom stereocenters. The second kappa shape index (κ2) is 6.63. The lowest BCUT2D eigenvalue weighted by Crippen LogP contribution is -2.46. The largest absolute Gasteiger partial charge is 0.393 e. The van der Waals surface area contributed by atoms with E-state index in [1.807, 2.05) is 6.92 Å². The second-order valence-corrected chi connectivity index (χ2v) is 6.63. The van der Waals surface area contributed by atoms with E-state index >= 15 is 0 Å². The molecule has 0 amide bonds. The maximum absolute atomic E-state index is 12.3. The quantitative estimate of drug-likeness (QED) is 0.727. The predicted molar refractivity (Wildman–Crippen MR) is 73.0 cm³/mol. The highest BCUT2D eigenvalue weighted by molar-refractivity contribution is 7.86. The number of rotatable bonds is 6. The Hall–Kier alpha value is -0.240. The molecule has 100 valence electrons. The van der Waals surface area contributed by atoms with Gasteiger partial charge >= 0.3 is 0 Å². The number of hydrogen-bond donors (Lipinski definition) is 1. The first-order chi connectivity index (χ1) is 7.98. The second-order valence-electron chi connectivity index (χ2n) is 4.18. The molecule has 0 aromatic carbocycles. The molecule has 0 aromatic rings. The minimum absolute atomic E-state index is 0.359. The van der Waals surface area contributed by atoms with Crippen LogP contribution in [0.2, 0.25) is 0 Å². The average molecular weight is 279 g/mol. The highest BCUT2D eigenvalue weighted by Gasteiger charge is 2.29. The van der Waals surface area contributed by atoms with Crippen LogP contribution in [0.4, 0.5) is 0 Å². The molecule has 0 saturated carbocycles. The average Bonchev–Trinajstić information content (AvgIpc) is 2.30. The van der Waals surface area contributed by atoms with Gasteiger partial charge in [0.05, 0.1) is 4.99 Å². The fourth-order valence-electron chi connectivity index (χ4n) is 1.93. The fraction of sp³-hybridized carbons (Fsp3) is 0.900. The summed E-state index contributed by atoms with van der Waals surface area (Å²) in [4.78, 5) is 0.359. The van der Waals surface area contributed by atoms with Crippen molar-refractivity contribution >= 4 is 27.4 Å². The Morgan fingerprint density at radius 3 is 2.41 bits per heavy atom. The molecular formula is C10H21N3O2S2. The third-order valence-electron chi connectivity index (χ3n) is 2.93. The van der Waals surface area contributed by atoms with E-state index in [-0.39, 0.29) is 0 Å². The lowest BCUT2D eigenvalue weighted by molar-refractivity contribution is 0.308. The van der Waals surface area contributed by atoms with Gasteiger partial charge in [0.1, 0.15) is 0 Å². The molecule has 0 bridgehead atoms. The zero-order chi connectivity index (χ0) is 12.9. The maximum atomic E-state index is 12.3. The van der Waals surface area contributed by atoms with Gasteiger partial charge in [-0.2, -0.15) is 17.0 Å². The number of piperidine rings is 1. The van der Waals surface area contributed by atoms with Gasteiger partial charge in [-0.25, -0.2) is 0 Å². The lowest BCUT2D eigenvalue weighted by atomic mass is 10.2. The van der Waals surface area contributed by atoms with Crippen LogP contribution in [-0.2, 0) is 10.2 Å². The third kappa shape index (κ3) is 4.17. The van der Waals surface area contributed by atoms with Gasteiger partial charge in [-0.15, -0.1) is 0 Å². The van der Waals surface area contributed by atoms with Crippen molar-refractivity contribution in [1.29, 1.82) is 0 Å². The molecule has 2 N–H and O–H groups in total. The van der Waals surface area contributed by atoms with Crippen LogP contribution in [0.3, 0.4) is 0 Å². The molecule has 1 aliphatic heterocycles. The topological polar surface area (TPSA) is 66.6 Å². The minimum Gasteiger partial charge on any atom is -0.393 e. The van der Waals surface area contributed by atoms with E-state index in [9.17, 15) is 8.42 Å². The molecule has 0 radical (unpaired) electrons. The van der Waals surface area contributed by atoms with Crippen LogP contribution < -0.4 is 5.73 Å². The Balaban J connectivity index is 2.67. The Morgan fingerprint density at radius 1 is 1.35 bits per heavy atom. The van der Waals surface area contributed by atoms with Gasteiger partial charge in [0.25, 0.3) is 10.2 Å². The monoisotopic (exact) mass is 279 g/mol. The molecule has 0 unspecified atom stereocenters. The van der Waals surface area contributed by atoms with E-state index in [0.717, 1.165) is 19.3 Å². The molecule has 0 spiro atoms. The van der Waals surface area contributed by atoms with Crippen LogP contribution in [0, 0.1) is 0 Å². The van der Waals surface area contributed by atoms with Crippen molar-refractivity contribution in [2.24, 2.45) is 5.73 Å². The van der Waals surface area contributed by atoms with Gasteiger partial charge in [0, 0.05) is 32.6 Å². The van der Waals surface area contributed by atoms with E-state index in [4.69, 9.17) is 18.0 Å². The van der Waals surface area contributed by atoms with Gasteiger partial charge in [0.15, 0.2) is 0 Å². The summed E-state index contributed by atoms with van der Waals surface area (Å²) < 4.78 is 27.6. The first-order valence-corrected chi connectivity index (χ1v) is 7.82. The summed E-state index contributed by atoms with van der Waals surface area (Å²) in [7, 11) is -3.32. The van der Waals surface area contributed by atoms with Gasteiger partial charge in [-0.05, 0) is 12.8 Å². The highest BCUT2D eigenvalue weighted by Crippen LogP contribution is 2.16. The predicted octanol–water partition coefficient (Wildman–Crippen LogP) is 0.715. The van der Waals surface area contributed by atoms with Crippen LogP contribution in [0.15, 0.2) is 0 Å². The molecule has 1 heterocycles. The van der Waals surface area contributed by atoms with Gasteiger partial charge in [0.2, 0.25) is 0 Å². The summed E-state index contributed by atoms with van der Waals surface area (Å²) >= 11 is 4.78. The fourth-order valence-corrected chi connectivity index (χ4v) is 3.72. The van der Waals surface area contributed by atoms with E-state index < -0.39 is 10.2 Å². The van der Waals surface area contributed by atoms with Crippen molar-refractivity contribution < 1.29 is 8.42 Å². The molecule has 17 heavy (non-hydrogen) atoms. The minimum atomic E-state index is -3.32. The van der Waals surface area contributed by atoms with Crippen molar-refractivity contribution in [1.82, 2.24) is 8.61 Å². The molecule has 1 saturated heterocycles. The summed E-state index contributed by atoms with van der Waals surface area (Å²) in [6.45, 7) is 3.94. The first kappa shape index (κ1) is 14.8. The SMILES string of the molecule is CCN(CCC(N)=S)S(=O)(=O)N1CCCCC1. The van der Waals surface area contributed by atoms with Crippen molar-refractivity contribution in [2.75, 3.05) is 26.2 Å². The zero-order valence-electron chi connectivity index (χ0n) is 10.3. The molecular weight excluding hydrogens is 258 g/mol. The number of nitrogens with zero attached hydrogens (tertiary/aromatic N) is 2. The van der Waals surface area contributed by atoms with Gasteiger partial charge in [-0.1, -0.05) is 25.6 Å². The van der Waals surface area contributed by atoms with Gasteiger partial charge in [-0.3, -0.25) is 0 Å². The normalized spacial score (nSPS) is 18.5. The number of thiocarbonyl (C=S) groups is 1. The molecule has 1 rings (SSSR count). The van der Waals surface area contributed by atoms with Crippen LogP contribution in [-0.4, -0.2) is 48.2 Å². The van der Waals surface area contributed by atoms with Gasteiger partial charge < -0.3 is 5.73 Å². The molecule has 7 heteroatoms. The first-order valence-electron chi connectivity index (χ1n) is 6.02. The van der Waals surface area contributed by atoms with Crippen LogP contribution in [0.5, 0.6) is 0 Å². The van der Waals surface area contributed by atoms with E-state index in [1.165, 1.54) is 4.31 Å². The molecule has 1 aliphatic rings. The van der Waals surface area contributed by atoms with E-state index in [1.54, 1.807) is 4.31 Å². The molecule has 1 fully saturated rings. The van der Waals surface area contributed by atoms with Crippen molar-refractivity contribution in [3.05, 3.63) is 0 Å². The molecule has 0 aliphatic carbocycles. The maximum Gasteiger partial charge on any atom is 0.281 e. The summed E-state index contributed by atoms with van der Waals surface area (Å²) in [5, 5.41) is 0. The zero-order valence-corrected chi connectivity index (χ0v) is 11.9. The lowest BCUT2D eigenvalue weighted by Gasteiger charge is -2.31. The van der Waals surface area contributed by atoms with Crippen molar-refractivity contribution in [3.8, 4) is 0 Å². The highest BCUT2D eigenvalue weighted by atomic mass is 32.2. The smallest absolute Gasteiger partial charge is 0.281 e. The number of nitrogens with two attached hydrogens (primary N) is 1. The van der Waals surface area contributed by atoms with Crippen LogP contribution in [0.1, 0.15) is 32.6 Å². The summed E-state index contributed by atoms with van der Waals surface area (Å²) in [6.07, 6.45) is 3.46. The summed E-state index contributed by atoms with van der Waals surface area (Å²) in [5.41, 5.74) is 5.41. The van der Waals surface area contributed by atoms with Crippen molar-refractivity contribution in [2.45, 2.75) is 32.6 Å². The van der Waals surface area contributed by atoms with Crippen LogP contribution in [0.25, 0.3) is 0 Å². The molecule has 5 nitrogen and oxygen atoms in total.